The van der Waals surface area contributed by atoms with E-state index in [0.717, 1.165) is 18.3 Å². The lowest BCUT2D eigenvalue weighted by Gasteiger charge is -2.05. The number of benzene rings is 1. The van der Waals surface area contributed by atoms with E-state index in [1.807, 2.05) is 13.1 Å². The summed E-state index contributed by atoms with van der Waals surface area (Å²) < 4.78 is 28.0. The first-order valence-electron chi connectivity index (χ1n) is 5.40. The van der Waals surface area contributed by atoms with Gasteiger partial charge in [-0.2, -0.15) is 5.10 Å². The minimum atomic E-state index is -0.825. The average Bonchev–Trinajstić information content (AvgIpc) is 2.79. The molecule has 2 aromatic rings. The molecule has 17 heavy (non-hydrogen) atoms. The molecule has 3 nitrogen and oxygen atoms in total. The summed E-state index contributed by atoms with van der Waals surface area (Å²) >= 11 is 0. The monoisotopic (exact) mass is 237 g/mol. The van der Waals surface area contributed by atoms with E-state index in [4.69, 9.17) is 0 Å². The molecule has 1 N–H and O–H groups in total. The molecular formula is C12H13F2N3. The Morgan fingerprint density at radius 3 is 2.88 bits per heavy atom. The zero-order chi connectivity index (χ0) is 12.3. The van der Waals surface area contributed by atoms with Gasteiger partial charge >= 0.3 is 0 Å². The van der Waals surface area contributed by atoms with E-state index < -0.39 is 11.6 Å². The number of anilines is 1. The fourth-order valence-corrected chi connectivity index (χ4v) is 1.51. The van der Waals surface area contributed by atoms with Crippen LogP contribution in [0.5, 0.6) is 0 Å². The second kappa shape index (κ2) is 4.95. The van der Waals surface area contributed by atoms with Crippen molar-refractivity contribution in [2.24, 2.45) is 0 Å². The van der Waals surface area contributed by atoms with Gasteiger partial charge in [-0.15, -0.1) is 0 Å². The summed E-state index contributed by atoms with van der Waals surface area (Å²) in [5.41, 5.74) is 1.09. The molecule has 0 bridgehead atoms. The fourth-order valence-electron chi connectivity index (χ4n) is 1.51. The van der Waals surface area contributed by atoms with E-state index in [1.165, 1.54) is 6.07 Å². The van der Waals surface area contributed by atoms with Crippen molar-refractivity contribution in [1.29, 1.82) is 0 Å². The molecule has 2 rings (SSSR count). The molecular weight excluding hydrogens is 224 g/mol. The van der Waals surface area contributed by atoms with Gasteiger partial charge in [0.1, 0.15) is 0 Å². The van der Waals surface area contributed by atoms with E-state index in [1.54, 1.807) is 16.9 Å². The molecule has 5 heteroatoms. The van der Waals surface area contributed by atoms with E-state index in [-0.39, 0.29) is 6.54 Å². The molecule has 0 amide bonds. The lowest BCUT2D eigenvalue weighted by molar-refractivity contribution is 0.500. The van der Waals surface area contributed by atoms with Crippen molar-refractivity contribution < 1.29 is 8.78 Å². The maximum absolute atomic E-state index is 13.3. The van der Waals surface area contributed by atoms with E-state index >= 15 is 0 Å². The Labute approximate surface area is 98.1 Å². The Balaban J connectivity index is 2.04. The molecule has 0 saturated carbocycles. The third-order valence-corrected chi connectivity index (χ3v) is 2.47. The van der Waals surface area contributed by atoms with Crippen LogP contribution in [0.1, 0.15) is 12.5 Å². The number of hydrogen-bond acceptors (Lipinski definition) is 2. The van der Waals surface area contributed by atoms with Crippen LogP contribution in [0.15, 0.2) is 30.6 Å². The second-order valence-electron chi connectivity index (χ2n) is 3.65. The Morgan fingerprint density at radius 2 is 2.18 bits per heavy atom. The molecule has 0 radical (unpaired) electrons. The van der Waals surface area contributed by atoms with Crippen molar-refractivity contribution in [2.75, 3.05) is 5.32 Å². The molecule has 0 saturated heterocycles. The number of nitrogens with zero attached hydrogens (tertiary/aromatic N) is 2. The van der Waals surface area contributed by atoms with Crippen LogP contribution in [-0.2, 0) is 13.1 Å². The Bertz CT molecular complexity index is 508. The Kier molecular flexibility index (Phi) is 3.37. The average molecular weight is 237 g/mol. The van der Waals surface area contributed by atoms with Crippen LogP contribution < -0.4 is 5.32 Å². The summed E-state index contributed by atoms with van der Waals surface area (Å²) in [7, 11) is 0. The quantitative estimate of drug-likeness (QED) is 0.886. The van der Waals surface area contributed by atoms with Crippen LogP contribution >= 0.6 is 0 Å². The number of halogens is 2. The summed E-state index contributed by atoms with van der Waals surface area (Å²) in [6.45, 7) is 2.98. The largest absolute Gasteiger partial charge is 0.378 e. The van der Waals surface area contributed by atoms with Crippen molar-refractivity contribution in [3.8, 4) is 0 Å². The third kappa shape index (κ3) is 2.61. The van der Waals surface area contributed by atoms with Gasteiger partial charge in [-0.25, -0.2) is 8.78 Å². The lowest BCUT2D eigenvalue weighted by Crippen LogP contribution is -2.02. The van der Waals surface area contributed by atoms with Gasteiger partial charge in [0.15, 0.2) is 11.6 Å². The van der Waals surface area contributed by atoms with Gasteiger partial charge in [0.25, 0.3) is 0 Å². The molecule has 1 aromatic carbocycles. The second-order valence-corrected chi connectivity index (χ2v) is 3.65. The number of rotatable bonds is 4. The summed E-state index contributed by atoms with van der Waals surface area (Å²) in [6, 6.07) is 4.15. The van der Waals surface area contributed by atoms with Gasteiger partial charge in [0, 0.05) is 24.8 Å². The predicted octanol–water partition coefficient (Wildman–Crippen LogP) is 2.79. The third-order valence-electron chi connectivity index (χ3n) is 2.47. The van der Waals surface area contributed by atoms with Gasteiger partial charge in [0.2, 0.25) is 0 Å². The highest BCUT2D eigenvalue weighted by Crippen LogP contribution is 2.13. The molecule has 90 valence electrons. The maximum atomic E-state index is 13.3. The summed E-state index contributed by atoms with van der Waals surface area (Å²) in [5.74, 6) is -1.63. The molecule has 1 aromatic heterocycles. The molecule has 0 aliphatic carbocycles. The first kappa shape index (κ1) is 11.6. The van der Waals surface area contributed by atoms with Crippen LogP contribution in [0.3, 0.4) is 0 Å². The molecule has 0 aliphatic rings. The topological polar surface area (TPSA) is 29.9 Å². The van der Waals surface area contributed by atoms with Crippen LogP contribution in [0, 0.1) is 11.6 Å². The minimum absolute atomic E-state index is 0.235. The molecule has 0 unspecified atom stereocenters. The highest BCUT2D eigenvalue weighted by atomic mass is 19.2. The van der Waals surface area contributed by atoms with Gasteiger partial charge in [-0.05, 0) is 13.0 Å². The predicted molar refractivity (Wildman–Crippen MR) is 61.6 cm³/mol. The Hall–Kier alpha value is -1.91. The summed E-state index contributed by atoms with van der Waals surface area (Å²) in [6.07, 6.45) is 3.47. The van der Waals surface area contributed by atoms with Gasteiger partial charge in [-0.3, -0.25) is 4.68 Å². The molecule has 0 fully saturated rings. The van der Waals surface area contributed by atoms with Crippen molar-refractivity contribution >= 4 is 5.69 Å². The summed E-state index contributed by atoms with van der Waals surface area (Å²) in [5, 5.41) is 7.07. The number of nitrogens with one attached hydrogen (secondary N) is 1. The number of hydrogen-bond donors (Lipinski definition) is 1. The van der Waals surface area contributed by atoms with Gasteiger partial charge < -0.3 is 5.32 Å². The number of aromatic nitrogens is 2. The first-order valence-corrected chi connectivity index (χ1v) is 5.40. The van der Waals surface area contributed by atoms with Crippen molar-refractivity contribution in [2.45, 2.75) is 20.0 Å². The van der Waals surface area contributed by atoms with Gasteiger partial charge in [-0.1, -0.05) is 12.1 Å². The normalized spacial score (nSPS) is 10.5. The van der Waals surface area contributed by atoms with E-state index in [2.05, 4.69) is 10.4 Å². The Morgan fingerprint density at radius 1 is 1.35 bits per heavy atom. The van der Waals surface area contributed by atoms with Crippen LogP contribution in [-0.4, -0.2) is 9.78 Å². The molecule has 0 atom stereocenters. The summed E-state index contributed by atoms with van der Waals surface area (Å²) in [4.78, 5) is 0. The lowest BCUT2D eigenvalue weighted by atomic mass is 10.2. The van der Waals surface area contributed by atoms with Gasteiger partial charge in [0.05, 0.1) is 11.9 Å². The van der Waals surface area contributed by atoms with Crippen molar-refractivity contribution in [1.82, 2.24) is 9.78 Å². The van der Waals surface area contributed by atoms with E-state index in [0.29, 0.717) is 5.56 Å². The van der Waals surface area contributed by atoms with Crippen LogP contribution in [0.4, 0.5) is 14.5 Å². The zero-order valence-electron chi connectivity index (χ0n) is 9.45. The maximum Gasteiger partial charge on any atom is 0.163 e. The zero-order valence-corrected chi connectivity index (χ0v) is 9.45. The molecule has 1 heterocycles. The number of aryl methyl sites for hydroxylation is 1. The highest BCUT2D eigenvalue weighted by molar-refractivity contribution is 5.39. The van der Waals surface area contributed by atoms with Crippen LogP contribution in [0.2, 0.25) is 0 Å². The van der Waals surface area contributed by atoms with Crippen LogP contribution in [0.25, 0.3) is 0 Å². The fraction of sp³-hybridized carbons (Fsp3) is 0.250. The van der Waals surface area contributed by atoms with Crippen molar-refractivity contribution in [3.05, 3.63) is 47.8 Å². The highest BCUT2D eigenvalue weighted by Gasteiger charge is 2.07. The smallest absolute Gasteiger partial charge is 0.163 e. The minimum Gasteiger partial charge on any atom is -0.378 e. The molecule has 0 spiro atoms. The van der Waals surface area contributed by atoms with E-state index in [9.17, 15) is 8.78 Å². The first-order chi connectivity index (χ1) is 8.20. The standard InChI is InChI=1S/C12H13F2N3/c1-2-17-8-10(7-16-17)15-6-9-4-3-5-11(13)12(9)14/h3-5,7-8,15H,2,6H2,1H3. The SMILES string of the molecule is CCn1cc(NCc2cccc(F)c2F)cn1. The molecule has 0 aliphatic heterocycles. The van der Waals surface area contributed by atoms with Crippen molar-refractivity contribution in [3.63, 3.8) is 0 Å².